The van der Waals surface area contributed by atoms with Gasteiger partial charge >= 0.3 is 23.9 Å². The molecule has 3 aromatic carbocycles. The molecule has 0 saturated carbocycles. The number of nitrogens with zero attached hydrogens (tertiary/aromatic N) is 6. The second kappa shape index (κ2) is 51.3. The number of Topliss-reactive ketones (excluding diaryl/α,β-unsaturated/α-hetero) is 2. The number of para-hydroxylation sites is 2. The average Bonchev–Trinajstić information content (AvgIpc) is 1.71. The molecule has 0 unspecified atom stereocenters. The summed E-state index contributed by atoms with van der Waals surface area (Å²) in [5.74, 6) is -24.7. The lowest BCUT2D eigenvalue weighted by molar-refractivity contribution is -0.150. The van der Waals surface area contributed by atoms with Gasteiger partial charge in [0.25, 0.3) is 0 Å². The zero-order valence-electron chi connectivity index (χ0n) is 78.0. The quantitative estimate of drug-likeness (QED) is 0.0317. The summed E-state index contributed by atoms with van der Waals surface area (Å²) in [5.41, 5.74) is 8.35. The number of nitrogens with one attached hydrogen (secondary N) is 10. The first-order chi connectivity index (χ1) is 65.7. The summed E-state index contributed by atoms with van der Waals surface area (Å²) in [5, 5.41) is 74.4. The van der Waals surface area contributed by atoms with Gasteiger partial charge in [-0.25, -0.2) is 0 Å². The van der Waals surface area contributed by atoms with Crippen LogP contribution in [0.1, 0.15) is 166 Å². The van der Waals surface area contributed by atoms with Crippen LogP contribution in [0.25, 0.3) is 21.8 Å². The summed E-state index contributed by atoms with van der Waals surface area (Å²) in [6.45, 7) is 3.97. The molecule has 746 valence electrons. The lowest BCUT2D eigenvalue weighted by Gasteiger charge is -2.36. The maximum Gasteiger partial charge on any atom is 0.305 e. The van der Waals surface area contributed by atoms with Crippen molar-refractivity contribution in [1.29, 1.82) is 0 Å². The molecule has 14 amide bonds. The van der Waals surface area contributed by atoms with Gasteiger partial charge in [-0.1, -0.05) is 88.1 Å². The first-order valence-electron chi connectivity index (χ1n) is 45.9. The molecule has 44 heteroatoms. The third-order valence-electron chi connectivity index (χ3n) is 25.1. The Morgan fingerprint density at radius 1 is 0.514 bits per heavy atom. The molecule has 9 rings (SSSR count). The number of carboxylic acids is 4. The van der Waals surface area contributed by atoms with Crippen LogP contribution in [0, 0.1) is 5.92 Å². The zero-order chi connectivity index (χ0) is 101. The van der Waals surface area contributed by atoms with E-state index in [9.17, 15) is 83.1 Å². The summed E-state index contributed by atoms with van der Waals surface area (Å²) in [6, 6.07) is -1.64. The topological polar surface area (TPSA) is 634 Å². The summed E-state index contributed by atoms with van der Waals surface area (Å²) >= 11 is 0.736. The summed E-state index contributed by atoms with van der Waals surface area (Å²) in [7, 11) is 5.13. The van der Waals surface area contributed by atoms with Gasteiger partial charge in [-0.3, -0.25) is 101 Å². The highest BCUT2D eigenvalue weighted by atomic mass is 32.2. The van der Waals surface area contributed by atoms with E-state index in [0.717, 1.165) is 36.3 Å². The largest absolute Gasteiger partial charge is 0.497 e. The number of unbranched alkanes of at least 4 members (excludes halogenated alkanes) is 2. The maximum absolute atomic E-state index is 15.8. The number of carbonyl (C=O) groups excluding carboxylic acids is 16. The van der Waals surface area contributed by atoms with Gasteiger partial charge in [0.1, 0.15) is 72.2 Å². The minimum Gasteiger partial charge on any atom is -0.497 e. The van der Waals surface area contributed by atoms with Gasteiger partial charge in [-0.2, -0.15) is 0 Å². The number of carbonyl (C=O) groups is 20. The number of amides is 14. The number of methoxy groups -OCH3 is 1. The number of hydrogen-bond acceptors (Lipinski definition) is 24. The molecule has 4 aliphatic rings. The number of ketones is 2. The number of aliphatic imine (C=N–C) groups is 1. The van der Waals surface area contributed by atoms with Crippen molar-refractivity contribution in [2.24, 2.45) is 16.6 Å². The van der Waals surface area contributed by atoms with Crippen LogP contribution < -0.4 is 53.0 Å². The molecule has 17 N–H and O–H groups in total. The van der Waals surface area contributed by atoms with Crippen molar-refractivity contribution in [2.75, 3.05) is 52.8 Å². The number of aromatic amines is 2. The number of nitrogens with two attached hydrogens (primary N) is 1. The number of aliphatic carboxylic acids is 4. The smallest absolute Gasteiger partial charge is 0.305 e. The third kappa shape index (κ3) is 30.0. The van der Waals surface area contributed by atoms with Crippen LogP contribution in [-0.4, -0.2) is 322 Å². The Labute approximate surface area is 799 Å². The van der Waals surface area contributed by atoms with Crippen molar-refractivity contribution in [1.82, 2.24) is 77.0 Å². The SMILES string of the molecule is CCCC[C@H]1C(=O)N(C)[C@@H](CCCC)C(=O)N[C@@H](CCC(=O)O)C(=O)N[C@H](C(=O)CCC(N)=O)CSCC(=O)N[C@@H](Cc2ccc(OC)cc2)C(=O)N(C)[C@@H](C)C(=O)N[C@@H](CC(=O)O)C(=O)N2CCC[C@H]2C(=O)N[C@@H](CC2=CN=CC2)C(=O)N[C@@H](CCC(=O)O)C(=O)N2C[C@H](O)C[C@H]2C(=O)N[C@@H](Cc2c[nH]c3ccccc23)C(=O)C[C@@H](CC(=O)O)C(=O)N[C@@H](Cc2c[nH]c3ccccc23)C(=O)N1C. The van der Waals surface area contributed by atoms with Crippen LogP contribution in [0.4, 0.5) is 0 Å². The number of rotatable bonds is 29. The molecule has 0 spiro atoms. The van der Waals surface area contributed by atoms with Crippen LogP contribution in [0.5, 0.6) is 5.75 Å². The van der Waals surface area contributed by atoms with E-state index >= 15 is 38.4 Å². The van der Waals surface area contributed by atoms with Crippen LogP contribution in [0.15, 0.2) is 102 Å². The molecule has 0 radical (unpaired) electrons. The van der Waals surface area contributed by atoms with E-state index in [-0.39, 0.29) is 77.2 Å². The number of aliphatic hydroxyl groups excluding tert-OH is 1. The Bertz CT molecular complexity index is 5390. The fraction of sp³-hybridized carbons (Fsp3) is 0.521. The zero-order valence-corrected chi connectivity index (χ0v) is 78.8. The Hall–Kier alpha value is -13.9. The second-order valence-corrected chi connectivity index (χ2v) is 36.1. The Morgan fingerprint density at radius 2 is 1.05 bits per heavy atom. The van der Waals surface area contributed by atoms with Gasteiger partial charge in [0, 0.05) is 151 Å². The van der Waals surface area contributed by atoms with Crippen molar-refractivity contribution in [2.45, 2.75) is 253 Å². The normalized spacial score (nSPS) is 24.9. The fourth-order valence-corrected chi connectivity index (χ4v) is 18.1. The Balaban J connectivity index is 1.12. The molecule has 15 atom stereocenters. The van der Waals surface area contributed by atoms with Crippen LogP contribution >= 0.6 is 11.8 Å². The number of benzene rings is 3. The van der Waals surface area contributed by atoms with Gasteiger partial charge in [-0.15, -0.1) is 11.8 Å². The maximum atomic E-state index is 15.8. The van der Waals surface area contributed by atoms with E-state index in [4.69, 9.17) is 10.5 Å². The highest BCUT2D eigenvalue weighted by Crippen LogP contribution is 2.30. The number of carboxylic acid groups (broad SMARTS) is 4. The molecular weight excluding hydrogens is 1820 g/mol. The van der Waals surface area contributed by atoms with Gasteiger partial charge < -0.3 is 113 Å². The number of ether oxygens (including phenoxy) is 1. The molecule has 2 aromatic heterocycles. The second-order valence-electron chi connectivity index (χ2n) is 35.1. The molecule has 138 heavy (non-hydrogen) atoms. The third-order valence-corrected chi connectivity index (χ3v) is 26.1. The van der Waals surface area contributed by atoms with Crippen molar-refractivity contribution in [3.8, 4) is 5.75 Å². The number of likely N-dealkylation sites (N-methyl/N-ethyl adjacent to an activating group) is 3. The number of aliphatic hydroxyl groups is 1. The molecule has 4 aliphatic heterocycles. The van der Waals surface area contributed by atoms with Gasteiger partial charge in [0.05, 0.1) is 49.8 Å². The van der Waals surface area contributed by atoms with Gasteiger partial charge in [0.2, 0.25) is 82.7 Å². The number of hydrogen-bond donors (Lipinski definition) is 16. The van der Waals surface area contributed by atoms with Crippen molar-refractivity contribution in [3.63, 3.8) is 0 Å². The molecule has 0 aliphatic carbocycles. The predicted molar refractivity (Wildman–Crippen MR) is 499 cm³/mol. The van der Waals surface area contributed by atoms with E-state index < -0.39 is 291 Å². The van der Waals surface area contributed by atoms with Crippen molar-refractivity contribution in [3.05, 3.63) is 114 Å². The van der Waals surface area contributed by atoms with Crippen molar-refractivity contribution >= 4 is 158 Å². The highest BCUT2D eigenvalue weighted by Gasteiger charge is 2.47. The number of H-pyrrole nitrogens is 2. The summed E-state index contributed by atoms with van der Waals surface area (Å²) < 4.78 is 5.32. The van der Waals surface area contributed by atoms with Gasteiger partial charge in [0.15, 0.2) is 11.6 Å². The molecule has 5 aromatic rings. The average molecular weight is 1940 g/mol. The standard InChI is InChI=1S/C94H123N17O26S/c1-8-10-21-71-87(129)100-63(28-32-79(117)118)85(127)106-70(75(113)30-31-77(95)115)49-138-50-78(116)99-67(37-52-24-26-58(137-7)27-25-52)90(132)107(4)51(3)83(125)104-69(44-82(123)124)93(135)110-36-16-23-72(110)88(130)103-66(38-53-34-35-96-45-53)86(128)101-64(29-33-80(119)120)92(134)111-48-57(112)43-74(111)89(131)102-65(39-55-46-97-61-19-14-12-17-59(55)61)76(114)41-54(42-81(121)122)84(126)105-68(40-56-47-98-62-20-15-13-18-60(56)62)91(133)109(6)73(22-11-9-2)94(136)108(71)5/h12-15,17-20,24-27,35,45-47,51,54,57,63-74,97-98,112H,8-11,16,21-23,28-34,36-44,48-50H2,1-7H3,(H2,95,115)(H,99,116)(H,100,129)(H,101,128)(H,102,131)(H,103,130)(H,104,125)(H,105,126)(H,106,127)(H,117,118)(H,119,120)(H,121,122)(H,123,124)/t51-,54-,57+,63-,64-,65-,66-,67-,68-,69-,70-,71-,72-,73-,74-/m0/s1. The predicted octanol–water partition coefficient (Wildman–Crippen LogP) is 0.982. The number of fused-ring (bicyclic) bond motifs is 4. The minimum absolute atomic E-state index is 0.0847. The lowest BCUT2D eigenvalue weighted by atomic mass is 9.91. The Kier molecular flexibility index (Phi) is 40.0. The van der Waals surface area contributed by atoms with E-state index in [1.54, 1.807) is 92.8 Å². The molecular formula is C94H123N17O26S. The van der Waals surface area contributed by atoms with Crippen LogP contribution in [0.3, 0.4) is 0 Å². The highest BCUT2D eigenvalue weighted by molar-refractivity contribution is 8.00. The minimum atomic E-state index is -1.95. The van der Waals surface area contributed by atoms with Crippen LogP contribution in [0.2, 0.25) is 0 Å². The van der Waals surface area contributed by atoms with E-state index in [1.807, 2.05) is 0 Å². The summed E-state index contributed by atoms with van der Waals surface area (Å²) in [4.78, 5) is 304. The first-order valence-corrected chi connectivity index (χ1v) is 47.1. The lowest BCUT2D eigenvalue weighted by Crippen LogP contribution is -2.60. The van der Waals surface area contributed by atoms with E-state index in [0.29, 0.717) is 62.7 Å². The van der Waals surface area contributed by atoms with Gasteiger partial charge in [-0.05, 0) is 98.4 Å². The van der Waals surface area contributed by atoms with Crippen LogP contribution in [-0.2, 0) is 115 Å². The molecule has 43 nitrogen and oxygen atoms in total. The molecule has 6 heterocycles. The number of thioether (sulfide) groups is 1. The molecule has 3 saturated heterocycles. The molecule has 3 fully saturated rings. The van der Waals surface area contributed by atoms with Crippen molar-refractivity contribution < 1.29 is 126 Å². The summed E-state index contributed by atoms with van der Waals surface area (Å²) in [6.07, 6.45) is -3.15. The van der Waals surface area contributed by atoms with E-state index in [2.05, 4.69) is 57.5 Å². The Morgan fingerprint density at radius 3 is 1.64 bits per heavy atom. The van der Waals surface area contributed by atoms with E-state index in [1.165, 1.54) is 53.8 Å². The fourth-order valence-electron chi connectivity index (χ4n) is 17.2. The number of primary amides is 1. The molecule has 0 bridgehead atoms. The monoisotopic (exact) mass is 1940 g/mol. The number of aromatic nitrogens is 2. The first kappa shape index (κ1) is 108.